The van der Waals surface area contributed by atoms with Crippen molar-refractivity contribution in [2.75, 3.05) is 14.2 Å². The minimum Gasteiger partial charge on any atom is -0.379 e. The number of nitrogens with zero attached hydrogens (tertiary/aromatic N) is 1. The quantitative estimate of drug-likeness (QED) is 0.877. The van der Waals surface area contributed by atoms with Gasteiger partial charge < -0.3 is 10.1 Å². The van der Waals surface area contributed by atoms with E-state index < -0.39 is 0 Å². The number of nitrogens with one attached hydrogen (secondary N) is 1. The third-order valence-corrected chi connectivity index (χ3v) is 3.81. The Morgan fingerprint density at radius 1 is 1.20 bits per heavy atom. The molecule has 1 N–H and O–H groups in total. The zero-order chi connectivity index (χ0) is 14.6. The lowest BCUT2D eigenvalue weighted by molar-refractivity contribution is 0.00766. The Morgan fingerprint density at radius 3 is 2.65 bits per heavy atom. The van der Waals surface area contributed by atoms with E-state index in [0.29, 0.717) is 6.04 Å². The highest BCUT2D eigenvalue weighted by molar-refractivity contribution is 5.78. The number of fused-ring (bicyclic) bond motifs is 1. The number of aromatic nitrogens is 1. The van der Waals surface area contributed by atoms with Gasteiger partial charge in [0.1, 0.15) is 0 Å². The second-order valence-electron chi connectivity index (χ2n) is 5.85. The molecule has 2 aromatic rings. The molecule has 1 aromatic heterocycles. The standard InChI is InChI=1S/C17H24N2O/c1-17(2,20-4)12-15(18-3)11-14-10-9-13-7-5-6-8-16(13)19-14/h5-10,15,18H,11-12H2,1-4H3. The van der Waals surface area contributed by atoms with Crippen molar-refractivity contribution in [2.24, 2.45) is 0 Å². The van der Waals surface area contributed by atoms with Crippen LogP contribution >= 0.6 is 0 Å². The van der Waals surface area contributed by atoms with Gasteiger partial charge >= 0.3 is 0 Å². The van der Waals surface area contributed by atoms with Crippen LogP contribution in [-0.2, 0) is 11.2 Å². The summed E-state index contributed by atoms with van der Waals surface area (Å²) in [6.45, 7) is 4.23. The highest BCUT2D eigenvalue weighted by atomic mass is 16.5. The first kappa shape index (κ1) is 14.9. The van der Waals surface area contributed by atoms with Gasteiger partial charge in [-0.3, -0.25) is 4.98 Å². The Kier molecular flexibility index (Phi) is 4.73. The van der Waals surface area contributed by atoms with E-state index >= 15 is 0 Å². The number of para-hydroxylation sites is 1. The summed E-state index contributed by atoms with van der Waals surface area (Å²) in [5, 5.41) is 4.56. The number of benzene rings is 1. The van der Waals surface area contributed by atoms with Gasteiger partial charge in [-0.25, -0.2) is 0 Å². The van der Waals surface area contributed by atoms with E-state index in [0.717, 1.165) is 24.1 Å². The molecule has 1 heterocycles. The van der Waals surface area contributed by atoms with E-state index in [1.807, 2.05) is 19.2 Å². The number of methoxy groups -OCH3 is 1. The highest BCUT2D eigenvalue weighted by Gasteiger charge is 2.22. The van der Waals surface area contributed by atoms with Crippen LogP contribution in [0.1, 0.15) is 26.0 Å². The van der Waals surface area contributed by atoms with Crippen LogP contribution in [0.3, 0.4) is 0 Å². The number of rotatable bonds is 6. The summed E-state index contributed by atoms with van der Waals surface area (Å²) < 4.78 is 5.52. The summed E-state index contributed by atoms with van der Waals surface area (Å²) in [5.41, 5.74) is 2.06. The highest BCUT2D eigenvalue weighted by Crippen LogP contribution is 2.19. The Hall–Kier alpha value is -1.45. The second kappa shape index (κ2) is 6.33. The molecule has 0 amide bonds. The lowest BCUT2D eigenvalue weighted by Gasteiger charge is -2.28. The molecule has 108 valence electrons. The predicted molar refractivity (Wildman–Crippen MR) is 84.0 cm³/mol. The summed E-state index contributed by atoms with van der Waals surface area (Å²) in [5.74, 6) is 0. The Morgan fingerprint density at radius 2 is 1.95 bits per heavy atom. The van der Waals surface area contributed by atoms with E-state index in [-0.39, 0.29) is 5.60 Å². The molecule has 1 aromatic carbocycles. The molecule has 3 nitrogen and oxygen atoms in total. The third-order valence-electron chi connectivity index (χ3n) is 3.81. The molecule has 20 heavy (non-hydrogen) atoms. The van der Waals surface area contributed by atoms with Gasteiger partial charge in [-0.15, -0.1) is 0 Å². The molecule has 0 radical (unpaired) electrons. The lowest BCUT2D eigenvalue weighted by Crippen LogP contribution is -2.37. The van der Waals surface area contributed by atoms with E-state index in [9.17, 15) is 0 Å². The van der Waals surface area contributed by atoms with Gasteiger partial charge in [-0.05, 0) is 39.4 Å². The van der Waals surface area contributed by atoms with Crippen LogP contribution in [0.5, 0.6) is 0 Å². The smallest absolute Gasteiger partial charge is 0.0705 e. The largest absolute Gasteiger partial charge is 0.379 e. The average molecular weight is 272 g/mol. The zero-order valence-electron chi connectivity index (χ0n) is 12.8. The maximum Gasteiger partial charge on any atom is 0.0705 e. The average Bonchev–Trinajstić information content (AvgIpc) is 2.46. The maximum atomic E-state index is 5.52. The Labute approximate surface area is 121 Å². The fourth-order valence-electron chi connectivity index (χ4n) is 2.43. The van der Waals surface area contributed by atoms with Crippen LogP contribution in [0.25, 0.3) is 10.9 Å². The zero-order valence-corrected chi connectivity index (χ0v) is 12.8. The molecule has 0 bridgehead atoms. The number of pyridine rings is 1. The summed E-state index contributed by atoms with van der Waals surface area (Å²) in [6, 6.07) is 12.9. The van der Waals surface area contributed by atoms with Gasteiger partial charge in [0.15, 0.2) is 0 Å². The van der Waals surface area contributed by atoms with Crippen molar-refractivity contribution < 1.29 is 4.74 Å². The molecular formula is C17H24N2O. The van der Waals surface area contributed by atoms with E-state index in [1.165, 1.54) is 5.39 Å². The van der Waals surface area contributed by atoms with Crippen molar-refractivity contribution in [1.29, 1.82) is 0 Å². The number of hydrogen-bond acceptors (Lipinski definition) is 3. The van der Waals surface area contributed by atoms with Crippen molar-refractivity contribution in [3.8, 4) is 0 Å². The molecule has 3 heteroatoms. The molecule has 0 spiro atoms. The summed E-state index contributed by atoms with van der Waals surface area (Å²) in [7, 11) is 3.76. The molecule has 2 rings (SSSR count). The summed E-state index contributed by atoms with van der Waals surface area (Å²) in [4.78, 5) is 4.74. The molecule has 0 saturated heterocycles. The molecule has 0 fully saturated rings. The van der Waals surface area contributed by atoms with Crippen molar-refractivity contribution >= 4 is 10.9 Å². The van der Waals surface area contributed by atoms with Crippen LogP contribution in [-0.4, -0.2) is 30.8 Å². The lowest BCUT2D eigenvalue weighted by atomic mass is 9.95. The predicted octanol–water partition coefficient (Wildman–Crippen LogP) is 3.18. The number of likely N-dealkylation sites (N-methyl/N-ethyl adjacent to an activating group) is 1. The van der Waals surface area contributed by atoms with E-state index in [1.54, 1.807) is 7.11 Å². The summed E-state index contributed by atoms with van der Waals surface area (Å²) >= 11 is 0. The Bertz CT molecular complexity index is 566. The molecule has 1 atom stereocenters. The maximum absolute atomic E-state index is 5.52. The minimum atomic E-state index is -0.121. The fourth-order valence-corrected chi connectivity index (χ4v) is 2.43. The first-order chi connectivity index (χ1) is 9.54. The van der Waals surface area contributed by atoms with Crippen LogP contribution in [0.15, 0.2) is 36.4 Å². The topological polar surface area (TPSA) is 34.2 Å². The second-order valence-corrected chi connectivity index (χ2v) is 5.85. The SMILES string of the molecule is CNC(Cc1ccc2ccccc2n1)CC(C)(C)OC. The van der Waals surface area contributed by atoms with Gasteiger partial charge in [0.25, 0.3) is 0 Å². The van der Waals surface area contributed by atoms with Gasteiger partial charge in [0, 0.05) is 30.7 Å². The number of hydrogen-bond donors (Lipinski definition) is 1. The Balaban J connectivity index is 2.13. The number of ether oxygens (including phenoxy) is 1. The molecular weight excluding hydrogens is 248 g/mol. The van der Waals surface area contributed by atoms with Gasteiger partial charge in [-0.2, -0.15) is 0 Å². The molecule has 1 unspecified atom stereocenters. The van der Waals surface area contributed by atoms with Crippen molar-refractivity contribution in [2.45, 2.75) is 38.3 Å². The van der Waals surface area contributed by atoms with Crippen LogP contribution in [0, 0.1) is 0 Å². The first-order valence-corrected chi connectivity index (χ1v) is 7.11. The van der Waals surface area contributed by atoms with Gasteiger partial charge in [0.05, 0.1) is 11.1 Å². The molecule has 0 aliphatic carbocycles. The first-order valence-electron chi connectivity index (χ1n) is 7.11. The third kappa shape index (κ3) is 3.78. The van der Waals surface area contributed by atoms with Crippen LogP contribution in [0.2, 0.25) is 0 Å². The van der Waals surface area contributed by atoms with E-state index in [4.69, 9.17) is 9.72 Å². The normalized spacial score (nSPS) is 13.6. The van der Waals surface area contributed by atoms with Gasteiger partial charge in [0.2, 0.25) is 0 Å². The summed E-state index contributed by atoms with van der Waals surface area (Å²) in [6.07, 6.45) is 1.86. The fraction of sp³-hybridized carbons (Fsp3) is 0.471. The van der Waals surface area contributed by atoms with Crippen LogP contribution < -0.4 is 5.32 Å². The monoisotopic (exact) mass is 272 g/mol. The molecule has 0 saturated carbocycles. The van der Waals surface area contributed by atoms with Crippen molar-refractivity contribution in [1.82, 2.24) is 10.3 Å². The van der Waals surface area contributed by atoms with Gasteiger partial charge in [-0.1, -0.05) is 24.3 Å². The van der Waals surface area contributed by atoms with Crippen molar-refractivity contribution in [3.05, 3.63) is 42.1 Å². The van der Waals surface area contributed by atoms with E-state index in [2.05, 4.69) is 43.4 Å². The molecule has 0 aliphatic rings. The molecule has 0 aliphatic heterocycles. The minimum absolute atomic E-state index is 0.121. The van der Waals surface area contributed by atoms with Crippen molar-refractivity contribution in [3.63, 3.8) is 0 Å². The van der Waals surface area contributed by atoms with Crippen LogP contribution in [0.4, 0.5) is 0 Å².